The lowest BCUT2D eigenvalue weighted by Crippen LogP contribution is -2.23. The van der Waals surface area contributed by atoms with Crippen LogP contribution in [0.5, 0.6) is 0 Å². The Hall–Kier alpha value is -2.67. The number of hydrogen-bond donors (Lipinski definition) is 1. The lowest BCUT2D eigenvalue weighted by molar-refractivity contribution is -0.115. The van der Waals surface area contributed by atoms with Gasteiger partial charge in [-0.05, 0) is 36.6 Å². The highest BCUT2D eigenvalue weighted by Gasteiger charge is 2.26. The maximum Gasteiger partial charge on any atom is 0.277 e. The van der Waals surface area contributed by atoms with Crippen LogP contribution in [-0.2, 0) is 11.2 Å². The molecule has 0 aliphatic carbocycles. The lowest BCUT2D eigenvalue weighted by atomic mass is 10.1. The molecule has 0 saturated heterocycles. The first kappa shape index (κ1) is 14.9. The Bertz CT molecular complexity index is 866. The molecule has 0 saturated carbocycles. The normalized spacial score (nSPS) is 17.0. The van der Waals surface area contributed by atoms with E-state index >= 15 is 0 Å². The highest BCUT2D eigenvalue weighted by atomic mass is 32.2. The molecule has 1 N–H and O–H groups in total. The van der Waals surface area contributed by atoms with Crippen molar-refractivity contribution in [1.82, 2.24) is 15.2 Å². The molecule has 0 spiro atoms. The highest BCUT2D eigenvalue weighted by Crippen LogP contribution is 2.32. The smallest absolute Gasteiger partial charge is 0.277 e. The maximum atomic E-state index is 12.4. The fourth-order valence-electron chi connectivity index (χ4n) is 2.59. The van der Waals surface area contributed by atoms with Gasteiger partial charge in [-0.1, -0.05) is 30.0 Å². The van der Waals surface area contributed by atoms with Gasteiger partial charge in [0.15, 0.2) is 0 Å². The zero-order valence-electron chi connectivity index (χ0n) is 12.7. The van der Waals surface area contributed by atoms with Crippen molar-refractivity contribution in [3.63, 3.8) is 0 Å². The van der Waals surface area contributed by atoms with Gasteiger partial charge in [-0.15, -0.1) is 10.2 Å². The Kier molecular flexibility index (Phi) is 4.00. The molecule has 0 bridgehead atoms. The maximum absolute atomic E-state index is 12.4. The second-order valence-electron chi connectivity index (χ2n) is 5.40. The number of rotatable bonds is 3. The van der Waals surface area contributed by atoms with Crippen LogP contribution in [0.1, 0.15) is 12.0 Å². The van der Waals surface area contributed by atoms with E-state index in [1.54, 1.807) is 24.5 Å². The summed E-state index contributed by atoms with van der Waals surface area (Å²) in [5, 5.41) is 11.2. The molecule has 4 rings (SSSR count). The van der Waals surface area contributed by atoms with E-state index in [9.17, 15) is 4.79 Å². The molecule has 2 aromatic heterocycles. The molecule has 3 heterocycles. The molecule has 3 aromatic rings. The minimum Gasteiger partial charge on any atom is -0.411 e. The number of aromatic nitrogens is 3. The van der Waals surface area contributed by atoms with E-state index in [4.69, 9.17) is 4.42 Å². The van der Waals surface area contributed by atoms with Crippen molar-refractivity contribution in [2.24, 2.45) is 0 Å². The fourth-order valence-corrected chi connectivity index (χ4v) is 3.45. The van der Waals surface area contributed by atoms with E-state index in [0.29, 0.717) is 11.1 Å². The predicted octanol–water partition coefficient (Wildman–Crippen LogP) is 3.18. The molecular formula is C17H14N4O2S. The van der Waals surface area contributed by atoms with E-state index in [-0.39, 0.29) is 11.2 Å². The summed E-state index contributed by atoms with van der Waals surface area (Å²) in [6.07, 6.45) is 4.89. The van der Waals surface area contributed by atoms with Crippen LogP contribution in [0.2, 0.25) is 0 Å². The van der Waals surface area contributed by atoms with Gasteiger partial charge in [0.1, 0.15) is 0 Å². The summed E-state index contributed by atoms with van der Waals surface area (Å²) < 4.78 is 5.67. The number of carbonyl (C=O) groups is 1. The van der Waals surface area contributed by atoms with Crippen molar-refractivity contribution in [2.75, 3.05) is 5.32 Å². The highest BCUT2D eigenvalue weighted by molar-refractivity contribution is 8.00. The fraction of sp³-hybridized carbons (Fsp3) is 0.176. The molecule has 1 aliphatic heterocycles. The first-order valence-electron chi connectivity index (χ1n) is 7.59. The molecule has 6 nitrogen and oxygen atoms in total. The quantitative estimate of drug-likeness (QED) is 0.790. The Balaban J connectivity index is 1.50. The first-order chi connectivity index (χ1) is 11.8. The van der Waals surface area contributed by atoms with Crippen LogP contribution in [0.25, 0.3) is 11.5 Å². The summed E-state index contributed by atoms with van der Waals surface area (Å²) >= 11 is 1.30. The van der Waals surface area contributed by atoms with Crippen LogP contribution in [0.4, 0.5) is 5.69 Å². The van der Waals surface area contributed by atoms with Crippen molar-refractivity contribution in [3.05, 3.63) is 54.4 Å². The van der Waals surface area contributed by atoms with Gasteiger partial charge in [0.25, 0.3) is 5.22 Å². The second-order valence-corrected chi connectivity index (χ2v) is 6.55. The number of para-hydroxylation sites is 1. The van der Waals surface area contributed by atoms with Gasteiger partial charge >= 0.3 is 0 Å². The molecule has 7 heteroatoms. The van der Waals surface area contributed by atoms with E-state index in [2.05, 4.69) is 20.5 Å². The predicted molar refractivity (Wildman–Crippen MR) is 90.6 cm³/mol. The van der Waals surface area contributed by atoms with E-state index < -0.39 is 0 Å². The van der Waals surface area contributed by atoms with Crippen LogP contribution in [0, 0.1) is 0 Å². The molecule has 0 unspecified atom stereocenters. The number of thioether (sulfide) groups is 1. The van der Waals surface area contributed by atoms with Gasteiger partial charge in [-0.25, -0.2) is 0 Å². The molecule has 24 heavy (non-hydrogen) atoms. The number of carbonyl (C=O) groups excluding carboxylic acids is 1. The SMILES string of the molecule is O=C1Nc2ccccc2CC[C@H]1Sc1nnc(-c2ccncc2)o1. The Morgan fingerprint density at radius 3 is 2.83 bits per heavy atom. The van der Waals surface area contributed by atoms with E-state index in [1.807, 2.05) is 24.3 Å². The summed E-state index contributed by atoms with van der Waals surface area (Å²) in [7, 11) is 0. The number of aryl methyl sites for hydroxylation is 1. The van der Waals surface area contributed by atoms with Gasteiger partial charge in [-0.3, -0.25) is 9.78 Å². The summed E-state index contributed by atoms with van der Waals surface area (Å²) in [5.41, 5.74) is 2.84. The topological polar surface area (TPSA) is 80.9 Å². The summed E-state index contributed by atoms with van der Waals surface area (Å²) in [5.74, 6) is 0.394. The average Bonchev–Trinajstić information content (AvgIpc) is 3.02. The van der Waals surface area contributed by atoms with Crippen molar-refractivity contribution >= 4 is 23.4 Å². The average molecular weight is 338 g/mol. The molecule has 1 atom stereocenters. The van der Waals surface area contributed by atoms with Gasteiger partial charge in [0.05, 0.1) is 5.25 Å². The third-order valence-corrected chi connectivity index (χ3v) is 4.92. The van der Waals surface area contributed by atoms with E-state index in [1.165, 1.54) is 11.8 Å². The molecule has 1 amide bonds. The number of nitrogens with one attached hydrogen (secondary N) is 1. The molecule has 1 aliphatic rings. The van der Waals surface area contributed by atoms with Crippen LogP contribution < -0.4 is 5.32 Å². The zero-order chi connectivity index (χ0) is 16.4. The Morgan fingerprint density at radius 1 is 1.12 bits per heavy atom. The van der Waals surface area contributed by atoms with Crippen LogP contribution in [-0.4, -0.2) is 26.3 Å². The van der Waals surface area contributed by atoms with E-state index in [0.717, 1.165) is 29.7 Å². The minimum atomic E-state index is -0.261. The molecule has 1 aromatic carbocycles. The third-order valence-electron chi connectivity index (χ3n) is 3.82. The van der Waals surface area contributed by atoms with Crippen molar-refractivity contribution < 1.29 is 9.21 Å². The largest absolute Gasteiger partial charge is 0.411 e. The van der Waals surface area contributed by atoms with Crippen LogP contribution in [0.3, 0.4) is 0 Å². The molecule has 120 valence electrons. The molecule has 0 fully saturated rings. The number of fused-ring (bicyclic) bond motifs is 1. The van der Waals surface area contributed by atoms with Gasteiger partial charge in [0, 0.05) is 23.6 Å². The third kappa shape index (κ3) is 3.03. The first-order valence-corrected chi connectivity index (χ1v) is 8.47. The van der Waals surface area contributed by atoms with Gasteiger partial charge < -0.3 is 9.73 Å². The van der Waals surface area contributed by atoms with Crippen molar-refractivity contribution in [1.29, 1.82) is 0 Å². The number of nitrogens with zero attached hydrogens (tertiary/aromatic N) is 3. The number of amides is 1. The summed E-state index contributed by atoms with van der Waals surface area (Å²) in [4.78, 5) is 16.4. The van der Waals surface area contributed by atoms with Gasteiger partial charge in [0.2, 0.25) is 11.8 Å². The van der Waals surface area contributed by atoms with Crippen molar-refractivity contribution in [2.45, 2.75) is 23.3 Å². The van der Waals surface area contributed by atoms with Crippen molar-refractivity contribution in [3.8, 4) is 11.5 Å². The van der Waals surface area contributed by atoms with Crippen LogP contribution >= 0.6 is 11.8 Å². The number of hydrogen-bond acceptors (Lipinski definition) is 6. The molecular weight excluding hydrogens is 324 g/mol. The van der Waals surface area contributed by atoms with Gasteiger partial charge in [-0.2, -0.15) is 0 Å². The second kappa shape index (κ2) is 6.45. The monoisotopic (exact) mass is 338 g/mol. The summed E-state index contributed by atoms with van der Waals surface area (Å²) in [6, 6.07) is 11.5. The zero-order valence-corrected chi connectivity index (χ0v) is 13.5. The standard InChI is InChI=1S/C17H14N4O2S/c22-15-14(6-5-11-3-1-2-4-13(11)19-15)24-17-21-20-16(23-17)12-7-9-18-10-8-12/h1-4,7-10,14H,5-6H2,(H,19,22)/t14-/m1/s1. The Morgan fingerprint density at radius 2 is 1.96 bits per heavy atom. The lowest BCUT2D eigenvalue weighted by Gasteiger charge is -2.09. The minimum absolute atomic E-state index is 0.0337. The number of pyridine rings is 1. The number of benzene rings is 1. The Labute approximate surface area is 142 Å². The summed E-state index contributed by atoms with van der Waals surface area (Å²) in [6.45, 7) is 0. The number of anilines is 1. The van der Waals surface area contributed by atoms with Crippen LogP contribution in [0.15, 0.2) is 58.4 Å². The molecule has 0 radical (unpaired) electrons.